The Kier molecular flexibility index (Phi) is 8.19. The van der Waals surface area contributed by atoms with Crippen molar-refractivity contribution in [3.05, 3.63) is 117 Å². The lowest BCUT2D eigenvalue weighted by Crippen LogP contribution is -2.17. The number of ketones is 1. The summed E-state index contributed by atoms with van der Waals surface area (Å²) in [6.45, 7) is -0.523. The lowest BCUT2D eigenvalue weighted by Gasteiger charge is -2.12. The number of anilines is 1. The van der Waals surface area contributed by atoms with E-state index >= 15 is 0 Å². The molecule has 4 rings (SSSR count). The molecule has 1 N–H and O–H groups in total. The van der Waals surface area contributed by atoms with Gasteiger partial charge in [-0.3, -0.25) is 9.52 Å². The molecule has 0 aromatic heterocycles. The minimum atomic E-state index is -4.24. The number of hydrogen-bond acceptors (Lipinski definition) is 5. The molecule has 37 heavy (non-hydrogen) atoms. The van der Waals surface area contributed by atoms with Crippen LogP contribution >= 0.6 is 34.8 Å². The molecule has 0 saturated heterocycles. The molecule has 10 heteroatoms. The van der Waals surface area contributed by atoms with Crippen molar-refractivity contribution in [1.29, 1.82) is 0 Å². The number of esters is 1. The number of ether oxygens (including phenoxy) is 1. The number of Topliss-reactive ketones (excluding diaryl/α,β-unsaturated/α-hetero) is 1. The van der Waals surface area contributed by atoms with Gasteiger partial charge < -0.3 is 4.74 Å². The Morgan fingerprint density at radius 3 is 2.05 bits per heavy atom. The van der Waals surface area contributed by atoms with Gasteiger partial charge in [-0.1, -0.05) is 89.4 Å². The fraction of sp³-hybridized carbons (Fsp3) is 0.0370. The average Bonchev–Trinajstić information content (AvgIpc) is 2.89. The zero-order valence-corrected chi connectivity index (χ0v) is 22.0. The molecule has 0 amide bonds. The second-order valence-corrected chi connectivity index (χ2v) is 10.7. The highest BCUT2D eigenvalue weighted by Crippen LogP contribution is 2.30. The second-order valence-electron chi connectivity index (χ2n) is 7.82. The summed E-state index contributed by atoms with van der Waals surface area (Å²) in [5, 5.41) is 0.261. The van der Waals surface area contributed by atoms with Gasteiger partial charge in [0.15, 0.2) is 12.4 Å². The molecule has 4 aromatic rings. The van der Waals surface area contributed by atoms with E-state index in [4.69, 9.17) is 39.5 Å². The summed E-state index contributed by atoms with van der Waals surface area (Å²) in [6.07, 6.45) is 0. The van der Waals surface area contributed by atoms with Crippen LogP contribution in [0.4, 0.5) is 5.69 Å². The Morgan fingerprint density at radius 1 is 0.730 bits per heavy atom. The van der Waals surface area contributed by atoms with Gasteiger partial charge in [0.05, 0.1) is 21.3 Å². The van der Waals surface area contributed by atoms with Crippen LogP contribution in [0.2, 0.25) is 15.1 Å². The average molecular weight is 575 g/mol. The van der Waals surface area contributed by atoms with Gasteiger partial charge in [0.25, 0.3) is 10.0 Å². The van der Waals surface area contributed by atoms with Crippen LogP contribution in [0.3, 0.4) is 0 Å². The number of carbonyl (C=O) groups excluding carboxylic acids is 2. The Labute approximate surface area is 228 Å². The molecular weight excluding hydrogens is 557 g/mol. The number of halogens is 3. The predicted octanol–water partition coefficient (Wildman–Crippen LogP) is 7.15. The molecule has 0 atom stereocenters. The molecule has 0 bridgehead atoms. The molecule has 0 aliphatic carbocycles. The molecule has 0 saturated carbocycles. The summed E-state index contributed by atoms with van der Waals surface area (Å²) in [6, 6.07) is 24.5. The van der Waals surface area contributed by atoms with Crippen LogP contribution in [0.1, 0.15) is 20.7 Å². The van der Waals surface area contributed by atoms with Crippen LogP contribution in [0.15, 0.2) is 95.9 Å². The first-order chi connectivity index (χ1) is 17.6. The SMILES string of the molecule is O=C(COC(=O)c1ccc(Cl)c(S(=O)(=O)Nc2cc(Cl)ccc2Cl)c1)c1ccc(-c2ccccc2)cc1. The van der Waals surface area contributed by atoms with Crippen molar-refractivity contribution in [2.45, 2.75) is 4.90 Å². The normalized spacial score (nSPS) is 11.1. The molecular formula is C27H18Cl3NO5S. The molecule has 0 heterocycles. The molecule has 0 spiro atoms. The highest BCUT2D eigenvalue weighted by molar-refractivity contribution is 7.92. The fourth-order valence-electron chi connectivity index (χ4n) is 3.39. The summed E-state index contributed by atoms with van der Waals surface area (Å²) in [5.41, 5.74) is 2.26. The second kappa shape index (κ2) is 11.4. The first-order valence-corrected chi connectivity index (χ1v) is 13.4. The Morgan fingerprint density at radius 2 is 1.35 bits per heavy atom. The van der Waals surface area contributed by atoms with E-state index in [1.165, 1.54) is 30.3 Å². The van der Waals surface area contributed by atoms with Gasteiger partial charge in [0.1, 0.15) is 4.90 Å². The minimum Gasteiger partial charge on any atom is -0.454 e. The number of rotatable bonds is 8. The number of hydrogen-bond donors (Lipinski definition) is 1. The van der Waals surface area contributed by atoms with Gasteiger partial charge in [0, 0.05) is 10.6 Å². The van der Waals surface area contributed by atoms with E-state index in [1.807, 2.05) is 30.3 Å². The van der Waals surface area contributed by atoms with Gasteiger partial charge in [-0.25, -0.2) is 13.2 Å². The lowest BCUT2D eigenvalue weighted by atomic mass is 10.0. The smallest absolute Gasteiger partial charge is 0.338 e. The van der Waals surface area contributed by atoms with E-state index in [2.05, 4.69) is 4.72 Å². The zero-order chi connectivity index (χ0) is 26.6. The van der Waals surface area contributed by atoms with E-state index in [0.717, 1.165) is 17.2 Å². The summed E-state index contributed by atoms with van der Waals surface area (Å²) >= 11 is 18.1. The Bertz CT molecular complexity index is 1570. The Hall–Kier alpha value is -3.36. The molecule has 0 aliphatic rings. The van der Waals surface area contributed by atoms with Gasteiger partial charge in [-0.05, 0) is 47.5 Å². The van der Waals surface area contributed by atoms with Crippen molar-refractivity contribution in [2.24, 2.45) is 0 Å². The first-order valence-electron chi connectivity index (χ1n) is 10.8. The van der Waals surface area contributed by atoms with Crippen molar-refractivity contribution in [3.8, 4) is 11.1 Å². The molecule has 0 unspecified atom stereocenters. The third-order valence-electron chi connectivity index (χ3n) is 5.28. The van der Waals surface area contributed by atoms with Crippen molar-refractivity contribution in [2.75, 3.05) is 11.3 Å². The van der Waals surface area contributed by atoms with Crippen LogP contribution in [0.25, 0.3) is 11.1 Å². The molecule has 4 aromatic carbocycles. The highest BCUT2D eigenvalue weighted by atomic mass is 35.5. The van der Waals surface area contributed by atoms with E-state index in [0.29, 0.717) is 5.56 Å². The van der Waals surface area contributed by atoms with Gasteiger partial charge >= 0.3 is 5.97 Å². The van der Waals surface area contributed by atoms with Crippen LogP contribution < -0.4 is 4.72 Å². The minimum absolute atomic E-state index is 0.0436. The molecule has 0 aliphatic heterocycles. The predicted molar refractivity (Wildman–Crippen MR) is 145 cm³/mol. The number of sulfonamides is 1. The Balaban J connectivity index is 1.45. The molecule has 0 fully saturated rings. The van der Waals surface area contributed by atoms with Crippen LogP contribution in [-0.4, -0.2) is 26.8 Å². The molecule has 188 valence electrons. The van der Waals surface area contributed by atoms with Crippen LogP contribution in [-0.2, 0) is 14.8 Å². The summed E-state index contributed by atoms with van der Waals surface area (Å²) in [4.78, 5) is 24.8. The maximum atomic E-state index is 12.9. The molecule has 6 nitrogen and oxygen atoms in total. The van der Waals surface area contributed by atoms with Gasteiger partial charge in [0.2, 0.25) is 0 Å². The standard InChI is InChI=1S/C27H18Cl3NO5S/c28-21-11-13-22(29)24(15-21)31-37(34,35)26-14-20(10-12-23(26)30)27(33)36-16-25(32)19-8-6-18(7-9-19)17-4-2-1-3-5-17/h1-15,31H,16H2. The highest BCUT2D eigenvalue weighted by Gasteiger charge is 2.22. The van der Waals surface area contributed by atoms with E-state index in [-0.39, 0.29) is 31.2 Å². The van der Waals surface area contributed by atoms with Crippen molar-refractivity contribution in [3.63, 3.8) is 0 Å². The van der Waals surface area contributed by atoms with Crippen molar-refractivity contribution < 1.29 is 22.7 Å². The van der Waals surface area contributed by atoms with Gasteiger partial charge in [-0.15, -0.1) is 0 Å². The van der Waals surface area contributed by atoms with Crippen LogP contribution in [0, 0.1) is 0 Å². The number of carbonyl (C=O) groups is 2. The number of benzene rings is 4. The van der Waals surface area contributed by atoms with Crippen molar-refractivity contribution in [1.82, 2.24) is 0 Å². The van der Waals surface area contributed by atoms with E-state index in [1.54, 1.807) is 24.3 Å². The summed E-state index contributed by atoms with van der Waals surface area (Å²) in [7, 11) is -4.24. The monoisotopic (exact) mass is 573 g/mol. The fourth-order valence-corrected chi connectivity index (χ4v) is 5.38. The first kappa shape index (κ1) is 26.7. The number of nitrogens with one attached hydrogen (secondary N) is 1. The van der Waals surface area contributed by atoms with Crippen molar-refractivity contribution >= 4 is 62.3 Å². The summed E-state index contributed by atoms with van der Waals surface area (Å²) in [5.74, 6) is -1.30. The largest absolute Gasteiger partial charge is 0.454 e. The van der Waals surface area contributed by atoms with E-state index < -0.39 is 28.4 Å². The third kappa shape index (κ3) is 6.50. The van der Waals surface area contributed by atoms with E-state index in [9.17, 15) is 18.0 Å². The molecule has 0 radical (unpaired) electrons. The third-order valence-corrected chi connectivity index (χ3v) is 7.69. The maximum Gasteiger partial charge on any atom is 0.338 e. The van der Waals surface area contributed by atoms with Gasteiger partial charge in [-0.2, -0.15) is 0 Å². The lowest BCUT2D eigenvalue weighted by molar-refractivity contribution is 0.0474. The topological polar surface area (TPSA) is 89.5 Å². The van der Waals surface area contributed by atoms with Crippen LogP contribution in [0.5, 0.6) is 0 Å². The maximum absolute atomic E-state index is 12.9. The quantitative estimate of drug-likeness (QED) is 0.178. The zero-order valence-electron chi connectivity index (χ0n) is 19.0. The summed E-state index contributed by atoms with van der Waals surface area (Å²) < 4.78 is 33.3.